The van der Waals surface area contributed by atoms with E-state index in [-0.39, 0.29) is 21.1 Å². The van der Waals surface area contributed by atoms with Crippen LogP contribution < -0.4 is 0 Å². The van der Waals surface area contributed by atoms with Crippen LogP contribution in [0.25, 0.3) is 17.1 Å². The summed E-state index contributed by atoms with van der Waals surface area (Å²) in [6.45, 7) is 5.13. The largest absolute Gasteiger partial charge is 0.457 e. The molecule has 1 heterocycles. The zero-order chi connectivity index (χ0) is 15.8. The number of benzene rings is 1. The van der Waals surface area contributed by atoms with E-state index in [9.17, 15) is 13.6 Å². The van der Waals surface area contributed by atoms with Gasteiger partial charge in [0.15, 0.2) is 11.6 Å². The van der Waals surface area contributed by atoms with Crippen LogP contribution in [0, 0.1) is 11.6 Å². The van der Waals surface area contributed by atoms with Gasteiger partial charge < -0.3 is 4.74 Å². The number of esters is 1. The van der Waals surface area contributed by atoms with E-state index in [2.05, 4.69) is 24.7 Å². The van der Waals surface area contributed by atoms with Crippen molar-refractivity contribution in [2.45, 2.75) is 26.4 Å². The SMILES string of the molecule is CC(C)(C)OC(=O)/C=C/c1c(F)c(F)c(Br)c2nsnc12. The van der Waals surface area contributed by atoms with Crippen molar-refractivity contribution in [3.63, 3.8) is 0 Å². The second-order valence-electron chi connectivity index (χ2n) is 5.18. The Bertz CT molecular complexity index is 738. The molecule has 4 nitrogen and oxygen atoms in total. The Morgan fingerprint density at radius 2 is 1.86 bits per heavy atom. The molecule has 2 rings (SSSR count). The highest BCUT2D eigenvalue weighted by molar-refractivity contribution is 9.10. The number of ether oxygens (including phenoxy) is 1. The van der Waals surface area contributed by atoms with Gasteiger partial charge in [-0.25, -0.2) is 13.6 Å². The Hall–Kier alpha value is -1.41. The lowest BCUT2D eigenvalue weighted by atomic mass is 10.1. The van der Waals surface area contributed by atoms with Gasteiger partial charge in [-0.1, -0.05) is 0 Å². The van der Waals surface area contributed by atoms with Crippen molar-refractivity contribution in [3.05, 3.63) is 27.7 Å². The third kappa shape index (κ3) is 3.44. The molecule has 0 aliphatic heterocycles. The van der Waals surface area contributed by atoms with Crippen LogP contribution in [0.4, 0.5) is 8.78 Å². The van der Waals surface area contributed by atoms with Crippen molar-refractivity contribution in [2.24, 2.45) is 0 Å². The van der Waals surface area contributed by atoms with Gasteiger partial charge >= 0.3 is 5.97 Å². The lowest BCUT2D eigenvalue weighted by Crippen LogP contribution is -2.22. The summed E-state index contributed by atoms with van der Waals surface area (Å²) < 4.78 is 40.5. The number of nitrogens with zero attached hydrogens (tertiary/aromatic N) is 2. The van der Waals surface area contributed by atoms with E-state index in [1.54, 1.807) is 20.8 Å². The molecule has 0 fully saturated rings. The van der Waals surface area contributed by atoms with E-state index in [0.29, 0.717) is 0 Å². The van der Waals surface area contributed by atoms with Gasteiger partial charge in [0.2, 0.25) is 0 Å². The zero-order valence-electron chi connectivity index (χ0n) is 11.4. The first kappa shape index (κ1) is 16.0. The smallest absolute Gasteiger partial charge is 0.331 e. The fourth-order valence-corrected chi connectivity index (χ4v) is 2.71. The van der Waals surface area contributed by atoms with Gasteiger partial charge in [-0.15, -0.1) is 0 Å². The highest BCUT2D eigenvalue weighted by atomic mass is 79.9. The summed E-state index contributed by atoms with van der Waals surface area (Å²) in [6, 6.07) is 0. The Labute approximate surface area is 132 Å². The van der Waals surface area contributed by atoms with Crippen molar-refractivity contribution in [3.8, 4) is 0 Å². The van der Waals surface area contributed by atoms with Gasteiger partial charge in [0.1, 0.15) is 16.6 Å². The summed E-state index contributed by atoms with van der Waals surface area (Å²) in [5.41, 5.74) is -0.402. The normalized spacial score (nSPS) is 12.3. The number of fused-ring (bicyclic) bond motifs is 1. The molecule has 0 atom stereocenters. The molecule has 0 amide bonds. The molecule has 2 aromatic rings. The molecular formula is C13H11BrF2N2O2S. The average molecular weight is 377 g/mol. The minimum Gasteiger partial charge on any atom is -0.457 e. The van der Waals surface area contributed by atoms with Crippen molar-refractivity contribution < 1.29 is 18.3 Å². The van der Waals surface area contributed by atoms with Crippen molar-refractivity contribution in [1.29, 1.82) is 0 Å². The molecule has 8 heteroatoms. The second-order valence-corrected chi connectivity index (χ2v) is 6.51. The summed E-state index contributed by atoms with van der Waals surface area (Å²) in [5, 5.41) is 0. The van der Waals surface area contributed by atoms with Crippen LogP contribution in [0.15, 0.2) is 10.5 Å². The predicted molar refractivity (Wildman–Crippen MR) is 79.9 cm³/mol. The monoisotopic (exact) mass is 376 g/mol. The number of halogens is 3. The number of hydrogen-bond donors (Lipinski definition) is 0. The summed E-state index contributed by atoms with van der Waals surface area (Å²) in [6.07, 6.45) is 2.18. The topological polar surface area (TPSA) is 52.1 Å². The van der Waals surface area contributed by atoms with Crippen LogP contribution in [-0.4, -0.2) is 20.3 Å². The van der Waals surface area contributed by atoms with Crippen molar-refractivity contribution in [1.82, 2.24) is 8.75 Å². The van der Waals surface area contributed by atoms with E-state index in [1.165, 1.54) is 0 Å². The van der Waals surface area contributed by atoms with E-state index in [4.69, 9.17) is 4.74 Å². The van der Waals surface area contributed by atoms with Crippen molar-refractivity contribution >= 4 is 50.7 Å². The molecule has 0 saturated carbocycles. The summed E-state index contributed by atoms with van der Waals surface area (Å²) in [5.74, 6) is -2.82. The van der Waals surface area contributed by atoms with Gasteiger partial charge in [0, 0.05) is 11.6 Å². The quantitative estimate of drug-likeness (QED) is 0.450. The maximum atomic E-state index is 14.0. The van der Waals surface area contributed by atoms with Gasteiger partial charge in [0.05, 0.1) is 16.2 Å². The second kappa shape index (κ2) is 5.76. The lowest BCUT2D eigenvalue weighted by Gasteiger charge is -2.17. The van der Waals surface area contributed by atoms with Crippen LogP contribution in [0.1, 0.15) is 26.3 Å². The number of carbonyl (C=O) groups excluding carboxylic acids is 1. The fourth-order valence-electron chi connectivity index (χ4n) is 1.57. The van der Waals surface area contributed by atoms with Crippen LogP contribution in [0.3, 0.4) is 0 Å². The number of carbonyl (C=O) groups is 1. The molecule has 1 aromatic carbocycles. The molecule has 0 aliphatic rings. The highest BCUT2D eigenvalue weighted by Gasteiger charge is 2.20. The molecule has 0 saturated heterocycles. The average Bonchev–Trinajstić information content (AvgIpc) is 2.83. The van der Waals surface area contributed by atoms with Crippen LogP contribution in [0.2, 0.25) is 0 Å². The van der Waals surface area contributed by atoms with Crippen LogP contribution in [-0.2, 0) is 9.53 Å². The molecule has 0 bridgehead atoms. The third-order valence-corrected chi connectivity index (χ3v) is 3.62. The van der Waals surface area contributed by atoms with Gasteiger partial charge in [-0.3, -0.25) is 0 Å². The van der Waals surface area contributed by atoms with Gasteiger partial charge in [-0.05, 0) is 42.8 Å². The summed E-state index contributed by atoms with van der Waals surface area (Å²) in [7, 11) is 0. The molecule has 0 aliphatic carbocycles. The van der Waals surface area contributed by atoms with E-state index >= 15 is 0 Å². The molecule has 0 N–H and O–H groups in total. The molecule has 0 radical (unpaired) electrons. The number of hydrogen-bond acceptors (Lipinski definition) is 5. The summed E-state index contributed by atoms with van der Waals surface area (Å²) >= 11 is 3.77. The van der Waals surface area contributed by atoms with E-state index < -0.39 is 23.2 Å². The number of rotatable bonds is 2. The molecule has 112 valence electrons. The minimum absolute atomic E-state index is 0.0850. The Kier molecular flexibility index (Phi) is 4.38. The van der Waals surface area contributed by atoms with E-state index in [1.807, 2.05) is 0 Å². The molecule has 21 heavy (non-hydrogen) atoms. The Balaban J connectivity index is 2.43. The highest BCUT2D eigenvalue weighted by Crippen LogP contribution is 2.32. The fraction of sp³-hybridized carbons (Fsp3) is 0.308. The maximum Gasteiger partial charge on any atom is 0.331 e. The lowest BCUT2D eigenvalue weighted by molar-refractivity contribution is -0.148. The summed E-state index contributed by atoms with van der Waals surface area (Å²) in [4.78, 5) is 11.6. The van der Waals surface area contributed by atoms with E-state index in [0.717, 1.165) is 23.9 Å². The van der Waals surface area contributed by atoms with Gasteiger partial charge in [-0.2, -0.15) is 8.75 Å². The first-order valence-corrected chi connectivity index (χ1v) is 7.43. The van der Waals surface area contributed by atoms with Crippen LogP contribution in [0.5, 0.6) is 0 Å². The predicted octanol–water partition coefficient (Wildman–Crippen LogP) is 4.09. The molecule has 0 unspecified atom stereocenters. The minimum atomic E-state index is -1.10. The first-order valence-electron chi connectivity index (χ1n) is 5.90. The van der Waals surface area contributed by atoms with Crippen LogP contribution >= 0.6 is 27.7 Å². The molecular weight excluding hydrogens is 366 g/mol. The Morgan fingerprint density at radius 1 is 1.24 bits per heavy atom. The Morgan fingerprint density at radius 3 is 2.48 bits per heavy atom. The third-order valence-electron chi connectivity index (χ3n) is 2.37. The zero-order valence-corrected chi connectivity index (χ0v) is 13.8. The first-order chi connectivity index (χ1) is 9.70. The van der Waals surface area contributed by atoms with Gasteiger partial charge in [0.25, 0.3) is 0 Å². The maximum absolute atomic E-state index is 14.0. The number of aromatic nitrogens is 2. The standard InChI is InChI=1S/C13H11BrF2N2O2S/c1-13(2,3)20-7(19)5-4-6-9(15)10(16)8(14)12-11(6)17-21-18-12/h4-5H,1-3H3/b5-4+. The molecule has 1 aromatic heterocycles. The molecule has 0 spiro atoms. The van der Waals surface area contributed by atoms with Crippen molar-refractivity contribution in [2.75, 3.05) is 0 Å².